The summed E-state index contributed by atoms with van der Waals surface area (Å²) in [4.78, 5) is 0.259. The Labute approximate surface area is 116 Å². The van der Waals surface area contributed by atoms with Crippen molar-refractivity contribution in [1.82, 2.24) is 0 Å². The van der Waals surface area contributed by atoms with E-state index >= 15 is 0 Å². The highest BCUT2D eigenvalue weighted by Gasteiger charge is 2.10. The highest BCUT2D eigenvalue weighted by atomic mass is 32.2. The predicted octanol–water partition coefficient (Wildman–Crippen LogP) is 3.05. The lowest BCUT2D eigenvalue weighted by Gasteiger charge is -2.17. The fourth-order valence-electron chi connectivity index (χ4n) is 1.94. The molecule has 5 heteroatoms. The number of unbranched alkanes of at least 4 members (excludes halogenated alkanes) is 2. The molecule has 0 amide bonds. The van der Waals surface area contributed by atoms with Crippen LogP contribution >= 0.6 is 0 Å². The lowest BCUT2D eigenvalue weighted by molar-refractivity contribution is 0.602. The molecule has 1 atom stereocenters. The summed E-state index contributed by atoms with van der Waals surface area (Å²) < 4.78 is 22.8. The third-order valence-corrected chi connectivity index (χ3v) is 4.20. The van der Waals surface area contributed by atoms with E-state index in [1.165, 1.54) is 31.6 Å². The molecule has 0 aromatic heterocycles. The van der Waals surface area contributed by atoms with Gasteiger partial charge in [-0.1, -0.05) is 26.2 Å². The van der Waals surface area contributed by atoms with Crippen LogP contribution < -0.4 is 11.1 Å². The Morgan fingerprint density at radius 1 is 1.32 bits per heavy atom. The summed E-state index contributed by atoms with van der Waals surface area (Å²) in [5.74, 6) is 0. The summed E-state index contributed by atoms with van der Waals surface area (Å²) in [7, 11) is -3.20. The van der Waals surface area contributed by atoms with Crippen molar-refractivity contribution >= 4 is 21.2 Å². The maximum absolute atomic E-state index is 11.4. The fraction of sp³-hybridized carbons (Fsp3) is 0.571. The summed E-state index contributed by atoms with van der Waals surface area (Å²) in [5.41, 5.74) is 7.17. The Bertz CT molecular complexity index is 512. The number of anilines is 2. The average Bonchev–Trinajstić information content (AvgIpc) is 2.31. The van der Waals surface area contributed by atoms with Crippen molar-refractivity contribution in [2.45, 2.75) is 50.5 Å². The van der Waals surface area contributed by atoms with Gasteiger partial charge in [-0.2, -0.15) is 0 Å². The second-order valence-corrected chi connectivity index (χ2v) is 7.08. The van der Waals surface area contributed by atoms with Crippen LogP contribution in [0.4, 0.5) is 11.4 Å². The number of hydrogen-bond donors (Lipinski definition) is 2. The van der Waals surface area contributed by atoms with E-state index in [0.717, 1.165) is 12.1 Å². The van der Waals surface area contributed by atoms with Crippen LogP contribution in [0.3, 0.4) is 0 Å². The molecule has 0 spiro atoms. The summed E-state index contributed by atoms with van der Waals surface area (Å²) in [6.07, 6.45) is 5.89. The molecule has 1 rings (SSSR count). The Hall–Kier alpha value is -1.23. The third-order valence-electron chi connectivity index (χ3n) is 3.09. The Balaban J connectivity index is 2.70. The molecule has 108 valence electrons. The normalized spacial score (nSPS) is 13.2. The van der Waals surface area contributed by atoms with E-state index in [4.69, 9.17) is 5.73 Å². The van der Waals surface area contributed by atoms with Gasteiger partial charge in [0.2, 0.25) is 0 Å². The quantitative estimate of drug-likeness (QED) is 0.596. The van der Waals surface area contributed by atoms with Gasteiger partial charge in [-0.3, -0.25) is 0 Å². The van der Waals surface area contributed by atoms with E-state index in [-0.39, 0.29) is 4.90 Å². The number of nitrogen functional groups attached to an aromatic ring is 1. The molecule has 4 nitrogen and oxygen atoms in total. The first-order valence-corrected chi connectivity index (χ1v) is 8.60. The minimum absolute atomic E-state index is 0.259. The largest absolute Gasteiger partial charge is 0.397 e. The smallest absolute Gasteiger partial charge is 0.175 e. The van der Waals surface area contributed by atoms with Crippen molar-refractivity contribution in [1.29, 1.82) is 0 Å². The molecule has 0 saturated carbocycles. The number of nitrogens with one attached hydrogen (secondary N) is 1. The van der Waals surface area contributed by atoms with Crippen molar-refractivity contribution in [3.05, 3.63) is 18.2 Å². The van der Waals surface area contributed by atoms with E-state index < -0.39 is 9.84 Å². The van der Waals surface area contributed by atoms with Crippen LogP contribution in [0.1, 0.15) is 39.5 Å². The van der Waals surface area contributed by atoms with Gasteiger partial charge in [-0.05, 0) is 31.5 Å². The lowest BCUT2D eigenvalue weighted by Crippen LogP contribution is -2.16. The monoisotopic (exact) mass is 284 g/mol. The zero-order valence-electron chi connectivity index (χ0n) is 11.9. The van der Waals surface area contributed by atoms with E-state index in [2.05, 4.69) is 19.2 Å². The van der Waals surface area contributed by atoms with Crippen molar-refractivity contribution in [2.75, 3.05) is 17.3 Å². The molecule has 0 heterocycles. The van der Waals surface area contributed by atoms with Gasteiger partial charge in [0.05, 0.1) is 16.3 Å². The second-order valence-electron chi connectivity index (χ2n) is 5.06. The van der Waals surface area contributed by atoms with E-state index in [1.807, 2.05) is 0 Å². The minimum Gasteiger partial charge on any atom is -0.397 e. The second kappa shape index (κ2) is 6.80. The van der Waals surface area contributed by atoms with Crippen molar-refractivity contribution in [2.24, 2.45) is 0 Å². The molecule has 0 aliphatic rings. The highest BCUT2D eigenvalue weighted by molar-refractivity contribution is 7.90. The van der Waals surface area contributed by atoms with Crippen LogP contribution in [0, 0.1) is 0 Å². The Kier molecular flexibility index (Phi) is 5.66. The molecular weight excluding hydrogens is 260 g/mol. The van der Waals surface area contributed by atoms with Gasteiger partial charge in [0.25, 0.3) is 0 Å². The predicted molar refractivity (Wildman–Crippen MR) is 81.2 cm³/mol. The number of rotatable bonds is 7. The number of nitrogens with two attached hydrogens (primary N) is 1. The van der Waals surface area contributed by atoms with E-state index in [0.29, 0.717) is 11.7 Å². The molecular formula is C14H24N2O2S. The van der Waals surface area contributed by atoms with Crippen LogP contribution in [0.5, 0.6) is 0 Å². The van der Waals surface area contributed by atoms with E-state index in [1.54, 1.807) is 12.1 Å². The SMILES string of the molecule is CCCCCC(C)Nc1ccc(S(C)(=O)=O)cc1N. The molecule has 0 bridgehead atoms. The summed E-state index contributed by atoms with van der Waals surface area (Å²) in [5, 5.41) is 3.33. The highest BCUT2D eigenvalue weighted by Crippen LogP contribution is 2.24. The van der Waals surface area contributed by atoms with Gasteiger partial charge < -0.3 is 11.1 Å². The number of sulfone groups is 1. The summed E-state index contributed by atoms with van der Waals surface area (Å²) in [6.45, 7) is 4.29. The summed E-state index contributed by atoms with van der Waals surface area (Å²) >= 11 is 0. The molecule has 1 aromatic carbocycles. The molecule has 1 aromatic rings. The van der Waals surface area contributed by atoms with Crippen LogP contribution in [0.25, 0.3) is 0 Å². The minimum atomic E-state index is -3.20. The van der Waals surface area contributed by atoms with Gasteiger partial charge in [0, 0.05) is 12.3 Å². The lowest BCUT2D eigenvalue weighted by atomic mass is 10.1. The van der Waals surface area contributed by atoms with Crippen LogP contribution in [0.2, 0.25) is 0 Å². The van der Waals surface area contributed by atoms with Crippen molar-refractivity contribution < 1.29 is 8.42 Å². The summed E-state index contributed by atoms with van der Waals surface area (Å²) in [6, 6.07) is 5.17. The molecule has 0 saturated heterocycles. The molecule has 0 aliphatic heterocycles. The van der Waals surface area contributed by atoms with Crippen LogP contribution in [-0.2, 0) is 9.84 Å². The molecule has 3 N–H and O–H groups in total. The molecule has 19 heavy (non-hydrogen) atoms. The first kappa shape index (κ1) is 15.8. The standard InChI is InChI=1S/C14H24N2O2S/c1-4-5-6-7-11(2)16-14-9-8-12(10-13(14)15)19(3,17)18/h8-11,16H,4-7,15H2,1-3H3. The molecule has 1 unspecified atom stereocenters. The molecule has 0 radical (unpaired) electrons. The van der Waals surface area contributed by atoms with Crippen LogP contribution in [-0.4, -0.2) is 20.7 Å². The third kappa shape index (κ3) is 5.11. The van der Waals surface area contributed by atoms with Gasteiger partial charge in [0.1, 0.15) is 0 Å². The molecule has 0 fully saturated rings. The average molecular weight is 284 g/mol. The van der Waals surface area contributed by atoms with Crippen molar-refractivity contribution in [3.63, 3.8) is 0 Å². The van der Waals surface area contributed by atoms with Gasteiger partial charge in [-0.25, -0.2) is 8.42 Å². The maximum atomic E-state index is 11.4. The van der Waals surface area contributed by atoms with Gasteiger partial charge in [0.15, 0.2) is 9.84 Å². The first-order chi connectivity index (χ1) is 8.84. The Morgan fingerprint density at radius 2 is 2.00 bits per heavy atom. The Morgan fingerprint density at radius 3 is 2.53 bits per heavy atom. The zero-order valence-corrected chi connectivity index (χ0v) is 12.8. The number of benzene rings is 1. The topological polar surface area (TPSA) is 72.2 Å². The van der Waals surface area contributed by atoms with Gasteiger partial charge >= 0.3 is 0 Å². The maximum Gasteiger partial charge on any atom is 0.175 e. The van der Waals surface area contributed by atoms with Gasteiger partial charge in [-0.15, -0.1) is 0 Å². The number of hydrogen-bond acceptors (Lipinski definition) is 4. The zero-order chi connectivity index (χ0) is 14.5. The van der Waals surface area contributed by atoms with Crippen LogP contribution in [0.15, 0.2) is 23.1 Å². The van der Waals surface area contributed by atoms with Crippen molar-refractivity contribution in [3.8, 4) is 0 Å². The van der Waals surface area contributed by atoms with E-state index in [9.17, 15) is 8.42 Å². The first-order valence-electron chi connectivity index (χ1n) is 6.70. The molecule has 0 aliphatic carbocycles. The fourth-order valence-corrected chi connectivity index (χ4v) is 2.60.